The number of carbonyl (C=O) groups is 1. The van der Waals surface area contributed by atoms with Crippen molar-refractivity contribution in [3.63, 3.8) is 0 Å². The Balaban J connectivity index is 1.78. The fourth-order valence-corrected chi connectivity index (χ4v) is 2.43. The smallest absolute Gasteiger partial charge is 0.230 e. The van der Waals surface area contributed by atoms with Crippen molar-refractivity contribution in [3.8, 4) is 5.75 Å². The van der Waals surface area contributed by atoms with Crippen LogP contribution in [0, 0.1) is 6.92 Å². The Bertz CT molecular complexity index is 858. The summed E-state index contributed by atoms with van der Waals surface area (Å²) in [4.78, 5) is 16.5. The first-order valence-electron chi connectivity index (χ1n) is 6.74. The molecule has 0 atom stereocenters. The van der Waals surface area contributed by atoms with Crippen LogP contribution in [0.5, 0.6) is 5.75 Å². The number of benzene rings is 1. The minimum Gasteiger partial charge on any atom is -0.506 e. The Morgan fingerprint density at radius 3 is 3.00 bits per heavy atom. The third-order valence-electron chi connectivity index (χ3n) is 3.30. The van der Waals surface area contributed by atoms with Crippen LogP contribution in [-0.2, 0) is 11.2 Å². The Kier molecular flexibility index (Phi) is 3.73. The number of pyridine rings is 1. The van der Waals surface area contributed by atoms with E-state index in [0.717, 1.165) is 11.2 Å². The van der Waals surface area contributed by atoms with Gasteiger partial charge in [0, 0.05) is 17.4 Å². The Hall–Kier alpha value is -2.53. The predicted octanol–water partition coefficient (Wildman–Crippen LogP) is 3.18. The number of hydrogen-bond acceptors (Lipinski definition) is 3. The van der Waals surface area contributed by atoms with Gasteiger partial charge in [-0.05, 0) is 36.8 Å². The molecule has 0 unspecified atom stereocenters. The summed E-state index contributed by atoms with van der Waals surface area (Å²) in [5, 5.41) is 12.8. The number of aryl methyl sites for hydroxylation is 1. The van der Waals surface area contributed by atoms with E-state index in [2.05, 4.69) is 10.3 Å². The highest BCUT2D eigenvalue weighted by atomic mass is 35.5. The number of halogens is 1. The summed E-state index contributed by atoms with van der Waals surface area (Å²) in [6, 6.07) is 8.39. The van der Waals surface area contributed by atoms with Gasteiger partial charge in [0.25, 0.3) is 0 Å². The summed E-state index contributed by atoms with van der Waals surface area (Å²) in [5.74, 6) is -0.290. The second kappa shape index (κ2) is 5.69. The minimum absolute atomic E-state index is 0.0244. The highest BCUT2D eigenvalue weighted by Gasteiger charge is 2.11. The van der Waals surface area contributed by atoms with Crippen LogP contribution in [0.4, 0.5) is 5.69 Å². The van der Waals surface area contributed by atoms with Gasteiger partial charge in [-0.1, -0.05) is 17.7 Å². The molecule has 0 bridgehead atoms. The van der Waals surface area contributed by atoms with E-state index in [-0.39, 0.29) is 23.8 Å². The number of phenols is 1. The number of imidazole rings is 1. The van der Waals surface area contributed by atoms with Gasteiger partial charge in [0.2, 0.25) is 5.91 Å². The first kappa shape index (κ1) is 14.4. The van der Waals surface area contributed by atoms with Crippen LogP contribution in [0.15, 0.2) is 42.7 Å². The molecule has 3 aromatic rings. The van der Waals surface area contributed by atoms with Crippen LogP contribution in [0.25, 0.3) is 5.65 Å². The zero-order valence-electron chi connectivity index (χ0n) is 11.9. The van der Waals surface area contributed by atoms with Crippen molar-refractivity contribution in [2.24, 2.45) is 0 Å². The topological polar surface area (TPSA) is 66.6 Å². The summed E-state index contributed by atoms with van der Waals surface area (Å²) in [5.41, 5.74) is 2.82. The highest BCUT2D eigenvalue weighted by molar-refractivity contribution is 6.31. The van der Waals surface area contributed by atoms with Crippen LogP contribution < -0.4 is 5.32 Å². The third kappa shape index (κ3) is 2.89. The maximum atomic E-state index is 12.1. The number of aromatic hydroxyl groups is 1. The van der Waals surface area contributed by atoms with E-state index in [1.807, 2.05) is 35.9 Å². The van der Waals surface area contributed by atoms with Crippen molar-refractivity contribution in [1.82, 2.24) is 9.38 Å². The fourth-order valence-electron chi connectivity index (χ4n) is 2.26. The monoisotopic (exact) mass is 315 g/mol. The molecule has 5 nitrogen and oxygen atoms in total. The molecule has 0 fully saturated rings. The van der Waals surface area contributed by atoms with Crippen LogP contribution in [0.1, 0.15) is 11.3 Å². The molecule has 0 saturated carbocycles. The number of nitrogens with one attached hydrogen (secondary N) is 1. The molecule has 0 aliphatic carbocycles. The standard InChI is InChI=1S/C16H14ClN3O2/c1-10-3-2-6-20-9-12(18-16(10)20)8-15(22)19-13-7-11(17)4-5-14(13)21/h2-7,9,21H,8H2,1H3,(H,19,22). The molecular formula is C16H14ClN3O2. The number of carbonyl (C=O) groups excluding carboxylic acids is 1. The minimum atomic E-state index is -0.265. The molecule has 2 aromatic heterocycles. The first-order chi connectivity index (χ1) is 10.5. The average molecular weight is 316 g/mol. The normalized spacial score (nSPS) is 10.8. The molecule has 3 rings (SSSR count). The second-order valence-corrected chi connectivity index (χ2v) is 5.48. The third-order valence-corrected chi connectivity index (χ3v) is 3.54. The number of rotatable bonds is 3. The molecule has 22 heavy (non-hydrogen) atoms. The van der Waals surface area contributed by atoms with Crippen LogP contribution >= 0.6 is 11.6 Å². The van der Waals surface area contributed by atoms with Gasteiger partial charge in [-0.25, -0.2) is 4.98 Å². The van der Waals surface area contributed by atoms with Crippen molar-refractivity contribution in [3.05, 3.63) is 59.0 Å². The zero-order valence-corrected chi connectivity index (χ0v) is 12.6. The number of fused-ring (bicyclic) bond motifs is 1. The SMILES string of the molecule is Cc1cccn2cc(CC(=O)Nc3cc(Cl)ccc3O)nc12. The van der Waals surface area contributed by atoms with E-state index >= 15 is 0 Å². The van der Waals surface area contributed by atoms with Gasteiger partial charge in [-0.2, -0.15) is 0 Å². The van der Waals surface area contributed by atoms with Crippen molar-refractivity contribution < 1.29 is 9.90 Å². The number of amides is 1. The first-order valence-corrected chi connectivity index (χ1v) is 7.12. The molecule has 0 aliphatic rings. The molecule has 0 aliphatic heterocycles. The van der Waals surface area contributed by atoms with E-state index in [1.165, 1.54) is 12.1 Å². The maximum Gasteiger partial charge on any atom is 0.230 e. The maximum absolute atomic E-state index is 12.1. The number of phenolic OH excluding ortho intramolecular Hbond substituents is 1. The van der Waals surface area contributed by atoms with Gasteiger partial charge in [0.1, 0.15) is 11.4 Å². The number of nitrogens with zero attached hydrogens (tertiary/aromatic N) is 2. The number of hydrogen-bond donors (Lipinski definition) is 2. The Morgan fingerprint density at radius 1 is 1.41 bits per heavy atom. The van der Waals surface area contributed by atoms with E-state index in [1.54, 1.807) is 6.07 Å². The predicted molar refractivity (Wildman–Crippen MR) is 85.4 cm³/mol. The van der Waals surface area contributed by atoms with Crippen LogP contribution in [0.3, 0.4) is 0 Å². The van der Waals surface area contributed by atoms with Gasteiger partial charge in [-0.15, -0.1) is 0 Å². The van der Waals surface area contributed by atoms with Gasteiger partial charge in [-0.3, -0.25) is 4.79 Å². The Labute approximate surface area is 132 Å². The molecule has 112 valence electrons. The molecule has 1 aromatic carbocycles. The summed E-state index contributed by atoms with van der Waals surface area (Å²) in [6.45, 7) is 1.97. The van der Waals surface area contributed by atoms with E-state index < -0.39 is 0 Å². The fraction of sp³-hybridized carbons (Fsp3) is 0.125. The molecule has 2 heterocycles. The second-order valence-electron chi connectivity index (χ2n) is 5.04. The molecule has 1 amide bonds. The van der Waals surface area contributed by atoms with Crippen LogP contribution in [-0.4, -0.2) is 20.4 Å². The van der Waals surface area contributed by atoms with Gasteiger partial charge in [0.05, 0.1) is 17.8 Å². The number of aromatic nitrogens is 2. The average Bonchev–Trinajstić information content (AvgIpc) is 2.86. The molecule has 0 saturated heterocycles. The summed E-state index contributed by atoms with van der Waals surface area (Å²) >= 11 is 5.85. The quantitative estimate of drug-likeness (QED) is 0.729. The lowest BCUT2D eigenvalue weighted by Crippen LogP contribution is -2.14. The summed E-state index contributed by atoms with van der Waals surface area (Å²) in [7, 11) is 0. The van der Waals surface area contributed by atoms with Crippen molar-refractivity contribution in [2.75, 3.05) is 5.32 Å². The van der Waals surface area contributed by atoms with Crippen molar-refractivity contribution >= 4 is 28.8 Å². The molecule has 6 heteroatoms. The highest BCUT2D eigenvalue weighted by Crippen LogP contribution is 2.26. The van der Waals surface area contributed by atoms with Crippen molar-refractivity contribution in [1.29, 1.82) is 0 Å². The largest absolute Gasteiger partial charge is 0.506 e. The van der Waals surface area contributed by atoms with Gasteiger partial charge < -0.3 is 14.8 Å². The van der Waals surface area contributed by atoms with E-state index in [0.29, 0.717) is 10.7 Å². The van der Waals surface area contributed by atoms with Gasteiger partial charge >= 0.3 is 0 Å². The lowest BCUT2D eigenvalue weighted by atomic mass is 10.2. The van der Waals surface area contributed by atoms with E-state index in [4.69, 9.17) is 11.6 Å². The lowest BCUT2D eigenvalue weighted by molar-refractivity contribution is -0.115. The van der Waals surface area contributed by atoms with Gasteiger partial charge in [0.15, 0.2) is 0 Å². The summed E-state index contributed by atoms with van der Waals surface area (Å²) < 4.78 is 1.88. The van der Waals surface area contributed by atoms with Crippen molar-refractivity contribution in [2.45, 2.75) is 13.3 Å². The summed E-state index contributed by atoms with van der Waals surface area (Å²) in [6.07, 6.45) is 3.83. The zero-order chi connectivity index (χ0) is 15.7. The molecule has 0 radical (unpaired) electrons. The van der Waals surface area contributed by atoms with Crippen LogP contribution in [0.2, 0.25) is 5.02 Å². The molecule has 0 spiro atoms. The molecular weight excluding hydrogens is 302 g/mol. The van der Waals surface area contributed by atoms with E-state index in [9.17, 15) is 9.90 Å². The number of anilines is 1. The lowest BCUT2D eigenvalue weighted by Gasteiger charge is -2.06. The molecule has 2 N–H and O–H groups in total. The Morgan fingerprint density at radius 2 is 2.23 bits per heavy atom.